The lowest BCUT2D eigenvalue weighted by Gasteiger charge is -2.09. The maximum atomic E-state index is 12.1. The number of nitrogens with zero attached hydrogens (tertiary/aromatic N) is 1. The van der Waals surface area contributed by atoms with Crippen LogP contribution in [-0.2, 0) is 4.79 Å². The molecule has 0 saturated heterocycles. The summed E-state index contributed by atoms with van der Waals surface area (Å²) in [5.41, 5.74) is 0.964. The molecule has 1 heterocycles. The second kappa shape index (κ2) is 5.73. The molecule has 18 heavy (non-hydrogen) atoms. The van der Waals surface area contributed by atoms with E-state index in [0.29, 0.717) is 17.3 Å². The Morgan fingerprint density at radius 1 is 1.39 bits per heavy atom. The summed E-state index contributed by atoms with van der Waals surface area (Å²) in [6.07, 6.45) is 0. The molecule has 1 aromatic rings. The molecule has 0 spiro atoms. The predicted octanol–water partition coefficient (Wildman–Crippen LogP) is 2.60. The number of aliphatic hydroxyl groups excluding tert-OH is 1. The van der Waals surface area contributed by atoms with Crippen molar-refractivity contribution in [3.63, 3.8) is 0 Å². The van der Waals surface area contributed by atoms with Gasteiger partial charge in [-0.3, -0.25) is 9.79 Å². The minimum atomic E-state index is -0.325. The topological polar surface area (TPSA) is 61.7 Å². The molecule has 0 atom stereocenters. The number of hydrogen-bond acceptors (Lipinski definition) is 4. The van der Waals surface area contributed by atoms with Crippen molar-refractivity contribution < 1.29 is 9.90 Å². The third kappa shape index (κ3) is 2.92. The van der Waals surface area contributed by atoms with Crippen LogP contribution in [0, 0.1) is 0 Å². The van der Waals surface area contributed by atoms with Crippen molar-refractivity contribution in [2.24, 2.45) is 4.99 Å². The quantitative estimate of drug-likeness (QED) is 0.650. The van der Waals surface area contributed by atoms with Crippen molar-refractivity contribution in [3.05, 3.63) is 41.7 Å². The van der Waals surface area contributed by atoms with Crippen LogP contribution in [-0.4, -0.2) is 28.4 Å². The van der Waals surface area contributed by atoms with Crippen LogP contribution >= 0.6 is 11.8 Å². The Hall–Kier alpha value is -1.75. The van der Waals surface area contributed by atoms with Crippen LogP contribution in [0.2, 0.25) is 0 Å². The van der Waals surface area contributed by atoms with E-state index in [2.05, 4.69) is 10.3 Å². The number of aliphatic imine (C=N–C) groups is 1. The van der Waals surface area contributed by atoms with Gasteiger partial charge in [-0.1, -0.05) is 18.2 Å². The summed E-state index contributed by atoms with van der Waals surface area (Å²) in [6, 6.07) is 9.15. The highest BCUT2D eigenvalue weighted by Crippen LogP contribution is 2.22. The van der Waals surface area contributed by atoms with E-state index < -0.39 is 0 Å². The number of rotatable bonds is 3. The molecule has 0 bridgehead atoms. The number of amides is 1. The van der Waals surface area contributed by atoms with Gasteiger partial charge in [0.15, 0.2) is 0 Å². The van der Waals surface area contributed by atoms with Crippen molar-refractivity contribution in [2.45, 2.75) is 6.92 Å². The van der Waals surface area contributed by atoms with E-state index in [-0.39, 0.29) is 17.2 Å². The zero-order valence-electron chi connectivity index (χ0n) is 10.0. The van der Waals surface area contributed by atoms with Gasteiger partial charge in [0.2, 0.25) is 0 Å². The van der Waals surface area contributed by atoms with E-state index >= 15 is 0 Å². The first-order valence-electron chi connectivity index (χ1n) is 5.62. The van der Waals surface area contributed by atoms with Crippen molar-refractivity contribution >= 4 is 28.4 Å². The van der Waals surface area contributed by atoms with E-state index in [1.54, 1.807) is 12.1 Å². The smallest absolute Gasteiger partial charge is 0.261 e. The van der Waals surface area contributed by atoms with Gasteiger partial charge in [-0.2, -0.15) is 0 Å². The molecule has 0 aliphatic carbocycles. The molecule has 0 radical (unpaired) electrons. The first-order valence-corrected chi connectivity index (χ1v) is 6.61. The lowest BCUT2D eigenvalue weighted by Crippen LogP contribution is -2.20. The highest BCUT2D eigenvalue weighted by Gasteiger charge is 2.22. The second-order valence-electron chi connectivity index (χ2n) is 3.82. The maximum Gasteiger partial charge on any atom is 0.261 e. The molecule has 1 aromatic carbocycles. The Morgan fingerprint density at radius 2 is 2.11 bits per heavy atom. The second-order valence-corrected chi connectivity index (χ2v) is 4.90. The average Bonchev–Trinajstić information content (AvgIpc) is 2.83. The molecule has 0 unspecified atom stereocenters. The molecule has 2 rings (SSSR count). The number of nitrogens with one attached hydrogen (secondary N) is 1. The van der Waals surface area contributed by atoms with E-state index in [1.807, 2.05) is 18.2 Å². The molecule has 94 valence electrons. The summed E-state index contributed by atoms with van der Waals surface area (Å²) in [5.74, 6) is 0.524. The lowest BCUT2D eigenvalue weighted by molar-refractivity contribution is -0.112. The van der Waals surface area contributed by atoms with Crippen molar-refractivity contribution in [2.75, 3.05) is 17.6 Å². The summed E-state index contributed by atoms with van der Waals surface area (Å²) < 4.78 is 0. The van der Waals surface area contributed by atoms with E-state index in [1.165, 1.54) is 18.7 Å². The SMILES string of the molecule is C/C(O)=C(\C(=O)Nc1ccccc1)C1=NCCS1. The fourth-order valence-corrected chi connectivity index (χ4v) is 2.56. The number of benzene rings is 1. The zero-order chi connectivity index (χ0) is 13.0. The van der Waals surface area contributed by atoms with Gasteiger partial charge in [0.05, 0.1) is 0 Å². The van der Waals surface area contributed by atoms with Gasteiger partial charge >= 0.3 is 0 Å². The largest absolute Gasteiger partial charge is 0.512 e. The monoisotopic (exact) mass is 262 g/mol. The summed E-state index contributed by atoms with van der Waals surface area (Å²) in [6.45, 7) is 2.19. The fraction of sp³-hybridized carbons (Fsp3) is 0.231. The molecule has 2 N–H and O–H groups in total. The van der Waals surface area contributed by atoms with Crippen LogP contribution in [0.15, 0.2) is 46.7 Å². The Balaban J connectivity index is 2.18. The number of para-hydroxylation sites is 1. The predicted molar refractivity (Wildman–Crippen MR) is 75.2 cm³/mol. The molecule has 4 nitrogen and oxygen atoms in total. The summed E-state index contributed by atoms with van der Waals surface area (Å²) in [7, 11) is 0. The molecular weight excluding hydrogens is 248 g/mol. The highest BCUT2D eigenvalue weighted by atomic mass is 32.2. The van der Waals surface area contributed by atoms with Crippen LogP contribution in [0.5, 0.6) is 0 Å². The fourth-order valence-electron chi connectivity index (χ4n) is 1.62. The van der Waals surface area contributed by atoms with Gasteiger partial charge in [-0.25, -0.2) is 0 Å². The third-order valence-electron chi connectivity index (χ3n) is 2.42. The highest BCUT2D eigenvalue weighted by molar-refractivity contribution is 8.14. The normalized spacial score (nSPS) is 15.9. The Morgan fingerprint density at radius 3 is 2.67 bits per heavy atom. The number of allylic oxidation sites excluding steroid dienone is 1. The van der Waals surface area contributed by atoms with E-state index in [9.17, 15) is 9.90 Å². The Kier molecular flexibility index (Phi) is 4.04. The van der Waals surface area contributed by atoms with Crippen LogP contribution in [0.1, 0.15) is 6.92 Å². The lowest BCUT2D eigenvalue weighted by atomic mass is 10.2. The summed E-state index contributed by atoms with van der Waals surface area (Å²) in [4.78, 5) is 16.3. The van der Waals surface area contributed by atoms with Crippen LogP contribution in [0.3, 0.4) is 0 Å². The molecule has 1 aliphatic rings. The third-order valence-corrected chi connectivity index (χ3v) is 3.41. The van der Waals surface area contributed by atoms with Gasteiger partial charge in [0.1, 0.15) is 16.4 Å². The summed E-state index contributed by atoms with van der Waals surface area (Å²) >= 11 is 1.49. The van der Waals surface area contributed by atoms with Crippen LogP contribution in [0.4, 0.5) is 5.69 Å². The standard InChI is InChI=1S/C13H14N2O2S/c1-9(16)11(13-14-7-8-18-13)12(17)15-10-5-3-2-4-6-10/h2-6,16H,7-8H2,1H3,(H,15,17)/b11-9-. The van der Waals surface area contributed by atoms with E-state index in [0.717, 1.165) is 5.75 Å². The maximum absolute atomic E-state index is 12.1. The average molecular weight is 262 g/mol. The van der Waals surface area contributed by atoms with Crippen LogP contribution in [0.25, 0.3) is 0 Å². The van der Waals surface area contributed by atoms with Crippen molar-refractivity contribution in [1.82, 2.24) is 0 Å². The molecule has 5 heteroatoms. The molecule has 1 aliphatic heterocycles. The van der Waals surface area contributed by atoms with Gasteiger partial charge < -0.3 is 10.4 Å². The number of hydrogen-bond donors (Lipinski definition) is 2. The number of aliphatic hydroxyl groups is 1. The number of carbonyl (C=O) groups is 1. The molecule has 0 fully saturated rings. The minimum absolute atomic E-state index is 0.00317. The molecule has 1 amide bonds. The molecular formula is C13H14N2O2S. The molecule has 0 saturated carbocycles. The number of thioether (sulfide) groups is 1. The first kappa shape index (κ1) is 12.7. The van der Waals surface area contributed by atoms with Gasteiger partial charge in [0.25, 0.3) is 5.91 Å². The minimum Gasteiger partial charge on any atom is -0.512 e. The van der Waals surface area contributed by atoms with Crippen molar-refractivity contribution in [1.29, 1.82) is 0 Å². The van der Waals surface area contributed by atoms with Gasteiger partial charge in [0, 0.05) is 18.0 Å². The molecule has 0 aromatic heterocycles. The Labute approximate surface area is 110 Å². The van der Waals surface area contributed by atoms with Crippen molar-refractivity contribution in [3.8, 4) is 0 Å². The zero-order valence-corrected chi connectivity index (χ0v) is 10.8. The Bertz CT molecular complexity index is 505. The summed E-state index contributed by atoms with van der Waals surface area (Å²) in [5, 5.41) is 13.0. The number of carbonyl (C=O) groups excluding carboxylic acids is 1. The van der Waals surface area contributed by atoms with E-state index in [4.69, 9.17) is 0 Å². The van der Waals surface area contributed by atoms with Gasteiger partial charge in [-0.15, -0.1) is 11.8 Å². The number of anilines is 1. The van der Waals surface area contributed by atoms with Gasteiger partial charge in [-0.05, 0) is 19.1 Å². The van der Waals surface area contributed by atoms with Crippen LogP contribution < -0.4 is 5.32 Å². The first-order chi connectivity index (χ1) is 8.68.